The maximum absolute atomic E-state index is 12.1. The van der Waals surface area contributed by atoms with Crippen LogP contribution in [0.5, 0.6) is 0 Å². The number of aromatic nitrogens is 3. The third-order valence-electron chi connectivity index (χ3n) is 3.81. The second kappa shape index (κ2) is 7.76. The Labute approximate surface area is 155 Å². The molecule has 0 aliphatic carbocycles. The average Bonchev–Trinajstić information content (AvgIpc) is 3.28. The molecule has 8 heteroatoms. The number of carbonyl (C=O) groups is 1. The Balaban J connectivity index is 1.52. The van der Waals surface area contributed by atoms with Crippen LogP contribution >= 0.6 is 11.3 Å². The number of amides is 1. The molecule has 136 valence electrons. The van der Waals surface area contributed by atoms with Crippen molar-refractivity contribution >= 4 is 17.2 Å². The summed E-state index contributed by atoms with van der Waals surface area (Å²) in [5.74, 6) is 1.05. The summed E-state index contributed by atoms with van der Waals surface area (Å²) in [6.07, 6.45) is 0. The van der Waals surface area contributed by atoms with Gasteiger partial charge in [0.05, 0.1) is 17.8 Å². The SMILES string of the molecule is Cc1noc(C(C)(C)NCc2csc(CNC(=O)c3ccccc3)n2)n1. The summed E-state index contributed by atoms with van der Waals surface area (Å²) in [5, 5.41) is 12.9. The van der Waals surface area contributed by atoms with Crippen LogP contribution in [-0.4, -0.2) is 21.0 Å². The van der Waals surface area contributed by atoms with E-state index in [0.29, 0.717) is 30.4 Å². The van der Waals surface area contributed by atoms with Crippen LogP contribution in [-0.2, 0) is 18.6 Å². The third-order valence-corrected chi connectivity index (χ3v) is 4.71. The molecule has 1 aromatic carbocycles. The molecule has 1 amide bonds. The fourth-order valence-electron chi connectivity index (χ4n) is 2.30. The number of rotatable bonds is 7. The first kappa shape index (κ1) is 18.2. The van der Waals surface area contributed by atoms with E-state index in [2.05, 4.69) is 25.8 Å². The van der Waals surface area contributed by atoms with E-state index in [-0.39, 0.29) is 5.91 Å². The standard InChI is InChI=1S/C18H21N5O2S/c1-12-21-17(25-23-12)18(2,3)20-9-14-11-26-15(22-14)10-19-16(24)13-7-5-4-6-8-13/h4-8,11,20H,9-10H2,1-3H3,(H,19,24). The maximum Gasteiger partial charge on any atom is 0.251 e. The lowest BCUT2D eigenvalue weighted by Crippen LogP contribution is -2.36. The smallest absolute Gasteiger partial charge is 0.251 e. The van der Waals surface area contributed by atoms with Gasteiger partial charge >= 0.3 is 0 Å². The Kier molecular flexibility index (Phi) is 5.43. The predicted molar refractivity (Wildman–Crippen MR) is 98.6 cm³/mol. The largest absolute Gasteiger partial charge is 0.346 e. The molecular weight excluding hydrogens is 350 g/mol. The number of hydrogen-bond acceptors (Lipinski definition) is 7. The molecule has 0 unspecified atom stereocenters. The summed E-state index contributed by atoms with van der Waals surface area (Å²) in [7, 11) is 0. The van der Waals surface area contributed by atoms with Crippen LogP contribution in [0.2, 0.25) is 0 Å². The lowest BCUT2D eigenvalue weighted by atomic mass is 10.1. The average molecular weight is 371 g/mol. The maximum atomic E-state index is 12.1. The van der Waals surface area contributed by atoms with E-state index in [4.69, 9.17) is 4.52 Å². The highest BCUT2D eigenvalue weighted by Crippen LogP contribution is 2.19. The Morgan fingerprint density at radius 1 is 1.19 bits per heavy atom. The molecule has 0 saturated heterocycles. The Morgan fingerprint density at radius 2 is 1.96 bits per heavy atom. The van der Waals surface area contributed by atoms with Crippen molar-refractivity contribution in [2.75, 3.05) is 0 Å². The van der Waals surface area contributed by atoms with Gasteiger partial charge in [-0.1, -0.05) is 23.4 Å². The molecule has 7 nitrogen and oxygen atoms in total. The number of carbonyl (C=O) groups excluding carboxylic acids is 1. The third kappa shape index (κ3) is 4.53. The minimum atomic E-state index is -0.452. The van der Waals surface area contributed by atoms with Gasteiger partial charge in [0, 0.05) is 17.5 Å². The van der Waals surface area contributed by atoms with Gasteiger partial charge in [-0.15, -0.1) is 11.3 Å². The molecule has 2 heterocycles. The van der Waals surface area contributed by atoms with Crippen LogP contribution in [0.1, 0.15) is 46.6 Å². The van der Waals surface area contributed by atoms with Crippen molar-refractivity contribution in [3.8, 4) is 0 Å². The van der Waals surface area contributed by atoms with Crippen molar-refractivity contribution in [1.29, 1.82) is 0 Å². The van der Waals surface area contributed by atoms with E-state index in [0.717, 1.165) is 10.7 Å². The lowest BCUT2D eigenvalue weighted by molar-refractivity contribution is 0.0951. The first-order valence-corrected chi connectivity index (χ1v) is 9.14. The molecule has 0 atom stereocenters. The molecule has 0 radical (unpaired) electrons. The number of aryl methyl sites for hydroxylation is 1. The van der Waals surface area contributed by atoms with Crippen molar-refractivity contribution in [1.82, 2.24) is 25.8 Å². The van der Waals surface area contributed by atoms with Crippen LogP contribution in [0, 0.1) is 6.92 Å². The van der Waals surface area contributed by atoms with E-state index in [1.54, 1.807) is 19.1 Å². The lowest BCUT2D eigenvalue weighted by Gasteiger charge is -2.21. The van der Waals surface area contributed by atoms with Crippen molar-refractivity contribution in [2.24, 2.45) is 0 Å². The quantitative estimate of drug-likeness (QED) is 0.663. The zero-order valence-electron chi connectivity index (χ0n) is 14.9. The highest BCUT2D eigenvalue weighted by atomic mass is 32.1. The van der Waals surface area contributed by atoms with Crippen molar-refractivity contribution in [2.45, 2.75) is 39.4 Å². The molecule has 2 N–H and O–H groups in total. The van der Waals surface area contributed by atoms with Crippen LogP contribution in [0.4, 0.5) is 0 Å². The van der Waals surface area contributed by atoms with Gasteiger partial charge in [-0.25, -0.2) is 4.98 Å². The molecule has 3 rings (SSSR count). The zero-order chi connectivity index (χ0) is 18.6. The summed E-state index contributed by atoms with van der Waals surface area (Å²) in [6, 6.07) is 9.14. The Morgan fingerprint density at radius 3 is 2.65 bits per heavy atom. The minimum Gasteiger partial charge on any atom is -0.346 e. The van der Waals surface area contributed by atoms with Gasteiger partial charge < -0.3 is 9.84 Å². The van der Waals surface area contributed by atoms with Crippen LogP contribution < -0.4 is 10.6 Å². The second-order valence-corrected chi connectivity index (χ2v) is 7.35. The number of benzene rings is 1. The normalized spacial score (nSPS) is 11.5. The summed E-state index contributed by atoms with van der Waals surface area (Å²) in [6.45, 7) is 6.72. The number of nitrogens with zero attached hydrogens (tertiary/aromatic N) is 3. The number of nitrogens with one attached hydrogen (secondary N) is 2. The molecule has 0 aliphatic heterocycles. The van der Waals surface area contributed by atoms with E-state index in [1.807, 2.05) is 37.4 Å². The molecule has 3 aromatic rings. The Hall–Kier alpha value is -2.58. The molecule has 0 saturated carbocycles. The molecule has 0 fully saturated rings. The van der Waals surface area contributed by atoms with Gasteiger partial charge in [0.2, 0.25) is 5.89 Å². The molecule has 0 bridgehead atoms. The van der Waals surface area contributed by atoms with Gasteiger partial charge in [0.25, 0.3) is 5.91 Å². The molecule has 0 spiro atoms. The first-order valence-electron chi connectivity index (χ1n) is 8.26. The van der Waals surface area contributed by atoms with Gasteiger partial charge in [-0.3, -0.25) is 10.1 Å². The van der Waals surface area contributed by atoms with E-state index in [9.17, 15) is 4.79 Å². The summed E-state index contributed by atoms with van der Waals surface area (Å²) < 4.78 is 5.24. The van der Waals surface area contributed by atoms with Crippen molar-refractivity contribution in [3.05, 3.63) is 63.7 Å². The molecule has 26 heavy (non-hydrogen) atoms. The number of thiazole rings is 1. The minimum absolute atomic E-state index is 0.103. The molecule has 2 aromatic heterocycles. The zero-order valence-corrected chi connectivity index (χ0v) is 15.8. The summed E-state index contributed by atoms with van der Waals surface area (Å²) >= 11 is 1.52. The van der Waals surface area contributed by atoms with E-state index in [1.165, 1.54) is 11.3 Å². The predicted octanol–water partition coefficient (Wildman–Crippen LogP) is 2.79. The molecule has 0 aliphatic rings. The monoisotopic (exact) mass is 371 g/mol. The van der Waals surface area contributed by atoms with Crippen LogP contribution in [0.15, 0.2) is 40.2 Å². The topological polar surface area (TPSA) is 92.9 Å². The van der Waals surface area contributed by atoms with Gasteiger partial charge in [0.1, 0.15) is 5.01 Å². The van der Waals surface area contributed by atoms with Crippen molar-refractivity contribution < 1.29 is 9.32 Å². The fraction of sp³-hybridized carbons (Fsp3) is 0.333. The van der Waals surface area contributed by atoms with Gasteiger partial charge in [-0.05, 0) is 32.9 Å². The van der Waals surface area contributed by atoms with E-state index < -0.39 is 5.54 Å². The van der Waals surface area contributed by atoms with E-state index >= 15 is 0 Å². The van der Waals surface area contributed by atoms with Crippen molar-refractivity contribution in [3.63, 3.8) is 0 Å². The first-order chi connectivity index (χ1) is 12.4. The number of hydrogen-bond donors (Lipinski definition) is 2. The summed E-state index contributed by atoms with van der Waals surface area (Å²) in [5.41, 5.74) is 1.10. The van der Waals surface area contributed by atoms with Crippen LogP contribution in [0.25, 0.3) is 0 Å². The van der Waals surface area contributed by atoms with Crippen LogP contribution in [0.3, 0.4) is 0 Å². The van der Waals surface area contributed by atoms with Gasteiger partial charge in [-0.2, -0.15) is 4.98 Å². The second-order valence-electron chi connectivity index (χ2n) is 6.41. The summed E-state index contributed by atoms with van der Waals surface area (Å²) in [4.78, 5) is 20.9. The Bertz CT molecular complexity index is 873. The highest BCUT2D eigenvalue weighted by molar-refractivity contribution is 7.09. The highest BCUT2D eigenvalue weighted by Gasteiger charge is 2.26. The molecular formula is C18H21N5O2S. The fourth-order valence-corrected chi connectivity index (χ4v) is 3.03. The van der Waals surface area contributed by atoms with Gasteiger partial charge in [0.15, 0.2) is 5.82 Å².